The van der Waals surface area contributed by atoms with Gasteiger partial charge in [0.15, 0.2) is 0 Å². The van der Waals surface area contributed by atoms with E-state index < -0.39 is 0 Å². The number of nitrogens with zero attached hydrogens (tertiary/aromatic N) is 4. The Hall–Kier alpha value is -3.26. The molecule has 1 aliphatic heterocycles. The van der Waals surface area contributed by atoms with Crippen molar-refractivity contribution in [3.63, 3.8) is 0 Å². The van der Waals surface area contributed by atoms with Crippen LogP contribution in [0.1, 0.15) is 20.2 Å². The molecule has 0 aliphatic carbocycles. The Kier molecular flexibility index (Phi) is 5.29. The Morgan fingerprint density at radius 2 is 1.79 bits per heavy atom. The highest BCUT2D eigenvalue weighted by Crippen LogP contribution is 2.25. The zero-order valence-corrected chi connectivity index (χ0v) is 15.9. The molecule has 4 rings (SSSR count). The molecule has 0 spiro atoms. The minimum absolute atomic E-state index is 0.0582. The van der Waals surface area contributed by atoms with Gasteiger partial charge in [0.2, 0.25) is 0 Å². The largest absolute Gasteiger partial charge is 0.368 e. The summed E-state index contributed by atoms with van der Waals surface area (Å²) in [5.74, 6) is -0.438. The van der Waals surface area contributed by atoms with E-state index in [-0.39, 0.29) is 17.5 Å². The summed E-state index contributed by atoms with van der Waals surface area (Å²) in [7, 11) is 0. The number of aromatic nitrogens is 2. The molecule has 0 radical (unpaired) electrons. The first-order valence-electron chi connectivity index (χ1n) is 8.96. The predicted octanol–water partition coefficient (Wildman–Crippen LogP) is 2.75. The summed E-state index contributed by atoms with van der Waals surface area (Å²) in [6.45, 7) is 2.84. The van der Waals surface area contributed by atoms with Crippen LogP contribution in [0.25, 0.3) is 0 Å². The van der Waals surface area contributed by atoms with Crippen LogP contribution in [0.5, 0.6) is 0 Å². The van der Waals surface area contributed by atoms with Crippen LogP contribution in [0.4, 0.5) is 11.4 Å². The van der Waals surface area contributed by atoms with E-state index in [0.717, 1.165) is 13.1 Å². The van der Waals surface area contributed by atoms with E-state index in [4.69, 9.17) is 0 Å². The number of nitrogens with one attached hydrogen (secondary N) is 1. The molecule has 142 valence electrons. The van der Waals surface area contributed by atoms with Crippen molar-refractivity contribution < 1.29 is 9.59 Å². The minimum Gasteiger partial charge on any atom is -0.368 e. The van der Waals surface area contributed by atoms with Gasteiger partial charge < -0.3 is 15.1 Å². The summed E-state index contributed by atoms with van der Waals surface area (Å²) in [6.07, 6.45) is 4.36. The number of piperazine rings is 1. The van der Waals surface area contributed by atoms with Gasteiger partial charge in [-0.2, -0.15) is 0 Å². The molecule has 0 unspecified atom stereocenters. The highest BCUT2D eigenvalue weighted by Gasteiger charge is 2.25. The second-order valence-electron chi connectivity index (χ2n) is 6.32. The normalized spacial score (nSPS) is 14.0. The molecular weight excluding hydrogens is 374 g/mol. The van der Waals surface area contributed by atoms with Crippen LogP contribution in [0.2, 0.25) is 0 Å². The first-order valence-corrected chi connectivity index (χ1v) is 9.84. The molecule has 8 heteroatoms. The van der Waals surface area contributed by atoms with Crippen LogP contribution >= 0.6 is 11.3 Å². The fraction of sp³-hybridized carbons (Fsp3) is 0.200. The van der Waals surface area contributed by atoms with Gasteiger partial charge in [0.05, 0.1) is 11.9 Å². The van der Waals surface area contributed by atoms with Crippen molar-refractivity contribution >= 4 is 34.5 Å². The van der Waals surface area contributed by atoms with E-state index in [9.17, 15) is 9.59 Å². The Labute approximate surface area is 166 Å². The van der Waals surface area contributed by atoms with Crippen molar-refractivity contribution in [2.24, 2.45) is 0 Å². The molecule has 1 N–H and O–H groups in total. The van der Waals surface area contributed by atoms with Crippen LogP contribution in [0.3, 0.4) is 0 Å². The lowest BCUT2D eigenvalue weighted by Crippen LogP contribution is -2.48. The number of anilines is 2. The van der Waals surface area contributed by atoms with E-state index >= 15 is 0 Å². The monoisotopic (exact) mass is 393 g/mol. The van der Waals surface area contributed by atoms with Gasteiger partial charge in [0.1, 0.15) is 10.6 Å². The zero-order chi connectivity index (χ0) is 19.3. The van der Waals surface area contributed by atoms with Gasteiger partial charge in [0.25, 0.3) is 11.8 Å². The van der Waals surface area contributed by atoms with E-state index in [0.29, 0.717) is 23.7 Å². The molecule has 1 fully saturated rings. The number of para-hydroxylation sites is 1. The number of amides is 2. The lowest BCUT2D eigenvalue weighted by molar-refractivity contribution is 0.0752. The number of carbonyl (C=O) groups excluding carboxylic acids is 2. The molecule has 28 heavy (non-hydrogen) atoms. The highest BCUT2D eigenvalue weighted by molar-refractivity contribution is 7.12. The van der Waals surface area contributed by atoms with Crippen LogP contribution in [-0.4, -0.2) is 52.9 Å². The van der Waals surface area contributed by atoms with Crippen LogP contribution in [-0.2, 0) is 0 Å². The quantitative estimate of drug-likeness (QED) is 0.737. The molecule has 0 bridgehead atoms. The summed E-state index contributed by atoms with van der Waals surface area (Å²) in [5, 5.41) is 4.58. The molecule has 1 aliphatic rings. The lowest BCUT2D eigenvalue weighted by Gasteiger charge is -2.36. The molecular formula is C20H19N5O2S. The fourth-order valence-electron chi connectivity index (χ4n) is 3.13. The summed E-state index contributed by atoms with van der Waals surface area (Å²) < 4.78 is 0. The van der Waals surface area contributed by atoms with Crippen LogP contribution in [0.15, 0.2) is 60.4 Å². The van der Waals surface area contributed by atoms with Crippen molar-refractivity contribution in [2.45, 2.75) is 0 Å². The maximum atomic E-state index is 13.0. The summed E-state index contributed by atoms with van der Waals surface area (Å²) in [5.41, 5.74) is 1.89. The smallest absolute Gasteiger partial charge is 0.275 e. The Balaban J connectivity index is 1.41. The topological polar surface area (TPSA) is 78.4 Å². The summed E-state index contributed by atoms with van der Waals surface area (Å²) >= 11 is 1.33. The molecule has 1 aromatic carbocycles. The van der Waals surface area contributed by atoms with Gasteiger partial charge in [-0.15, -0.1) is 11.3 Å². The standard InChI is InChI=1S/C20H19N5O2S/c26-19(17-14-21-7-8-22-17)23-16-6-13-28-18(16)20(27)25-11-9-24(10-12-25)15-4-2-1-3-5-15/h1-8,13-14H,9-12H2,(H,23,26). The van der Waals surface area contributed by atoms with Gasteiger partial charge in [-0.3, -0.25) is 14.6 Å². The average molecular weight is 393 g/mol. The minimum atomic E-state index is -0.380. The maximum Gasteiger partial charge on any atom is 0.275 e. The molecule has 2 aromatic heterocycles. The van der Waals surface area contributed by atoms with Crippen LogP contribution < -0.4 is 10.2 Å². The van der Waals surface area contributed by atoms with Crippen molar-refractivity contribution in [2.75, 3.05) is 36.4 Å². The van der Waals surface area contributed by atoms with Gasteiger partial charge in [0, 0.05) is 44.3 Å². The van der Waals surface area contributed by atoms with Gasteiger partial charge in [-0.1, -0.05) is 18.2 Å². The molecule has 1 saturated heterocycles. The first kappa shape index (κ1) is 18.1. The second kappa shape index (κ2) is 8.18. The third kappa shape index (κ3) is 3.86. The molecule has 0 saturated carbocycles. The number of rotatable bonds is 4. The molecule has 3 heterocycles. The number of carbonyl (C=O) groups is 2. The number of hydrogen-bond donors (Lipinski definition) is 1. The number of thiophene rings is 1. The van der Waals surface area contributed by atoms with Gasteiger partial charge in [-0.05, 0) is 23.6 Å². The maximum absolute atomic E-state index is 13.0. The van der Waals surface area contributed by atoms with Gasteiger partial charge in [-0.25, -0.2) is 4.98 Å². The third-order valence-corrected chi connectivity index (χ3v) is 5.49. The Morgan fingerprint density at radius 3 is 2.50 bits per heavy atom. The summed E-state index contributed by atoms with van der Waals surface area (Å²) in [4.78, 5) is 37.8. The van der Waals surface area contributed by atoms with Gasteiger partial charge >= 0.3 is 0 Å². The van der Waals surface area contributed by atoms with Crippen LogP contribution in [0, 0.1) is 0 Å². The number of hydrogen-bond acceptors (Lipinski definition) is 6. The molecule has 3 aromatic rings. The van der Waals surface area contributed by atoms with E-state index in [2.05, 4.69) is 32.3 Å². The fourth-order valence-corrected chi connectivity index (χ4v) is 3.94. The zero-order valence-electron chi connectivity index (χ0n) is 15.1. The lowest BCUT2D eigenvalue weighted by atomic mass is 10.2. The number of benzene rings is 1. The van der Waals surface area contributed by atoms with E-state index in [1.54, 1.807) is 11.4 Å². The molecule has 2 amide bonds. The predicted molar refractivity (Wildman–Crippen MR) is 109 cm³/mol. The SMILES string of the molecule is O=C(Nc1ccsc1C(=O)N1CCN(c2ccccc2)CC1)c1cnccn1. The molecule has 0 atom stereocenters. The molecule has 7 nitrogen and oxygen atoms in total. The van der Waals surface area contributed by atoms with Crippen molar-refractivity contribution in [1.29, 1.82) is 0 Å². The Bertz CT molecular complexity index is 953. The summed E-state index contributed by atoms with van der Waals surface area (Å²) in [6, 6.07) is 11.9. The first-order chi connectivity index (χ1) is 13.7. The average Bonchev–Trinajstić information content (AvgIpc) is 3.22. The highest BCUT2D eigenvalue weighted by atomic mass is 32.1. The third-order valence-electron chi connectivity index (χ3n) is 4.59. The van der Waals surface area contributed by atoms with E-state index in [1.165, 1.54) is 35.6 Å². The van der Waals surface area contributed by atoms with Crippen molar-refractivity contribution in [1.82, 2.24) is 14.9 Å². The Morgan fingerprint density at radius 1 is 1.00 bits per heavy atom. The second-order valence-corrected chi connectivity index (χ2v) is 7.24. The van der Waals surface area contributed by atoms with E-state index in [1.807, 2.05) is 23.1 Å². The van der Waals surface area contributed by atoms with Crippen molar-refractivity contribution in [3.05, 3.63) is 70.9 Å². The van der Waals surface area contributed by atoms with Crippen molar-refractivity contribution in [3.8, 4) is 0 Å².